The molecule has 2 heterocycles. The molecule has 3 heteroatoms. The molecule has 168 valence electrons. The van der Waals surface area contributed by atoms with Crippen LogP contribution in [0.25, 0.3) is 0 Å². The number of aliphatic hydroxyl groups is 1. The lowest BCUT2D eigenvalue weighted by Gasteiger charge is -2.61. The Morgan fingerprint density at radius 3 is 2.53 bits per heavy atom. The molecule has 6 aliphatic rings. The molecular weight excluding hydrogens is 372 g/mol. The highest BCUT2D eigenvalue weighted by Crippen LogP contribution is 2.71. The Bertz CT molecular complexity index is 722. The van der Waals surface area contributed by atoms with Gasteiger partial charge in [-0.1, -0.05) is 32.9 Å². The molecule has 11 atom stereocenters. The Kier molecular flexibility index (Phi) is 4.44. The first-order valence-corrected chi connectivity index (χ1v) is 12.9. The van der Waals surface area contributed by atoms with Crippen LogP contribution in [0.4, 0.5) is 0 Å². The number of aliphatic hydroxyl groups excluding tert-OH is 1. The van der Waals surface area contributed by atoms with Crippen LogP contribution in [0.3, 0.4) is 0 Å². The Morgan fingerprint density at radius 2 is 1.77 bits per heavy atom. The van der Waals surface area contributed by atoms with Crippen molar-refractivity contribution in [1.82, 2.24) is 0 Å². The van der Waals surface area contributed by atoms with Gasteiger partial charge in [-0.2, -0.15) is 0 Å². The fraction of sp³-hybridized carbons (Fsp3) is 0.926. The molecule has 0 aromatic heterocycles. The number of fused-ring (bicyclic) bond motifs is 7. The van der Waals surface area contributed by atoms with Crippen LogP contribution in [0.2, 0.25) is 0 Å². The van der Waals surface area contributed by atoms with Crippen LogP contribution >= 0.6 is 0 Å². The lowest BCUT2D eigenvalue weighted by atomic mass is 9.44. The third-order valence-corrected chi connectivity index (χ3v) is 11.7. The zero-order chi connectivity index (χ0) is 20.9. The molecule has 0 aromatic carbocycles. The SMILES string of the molecule is C=C1CCC2(OC1)OC1CC3C4CCC5CC(O)CCC5(C)C4CCC3(C)C1C2C. The van der Waals surface area contributed by atoms with Crippen LogP contribution in [-0.2, 0) is 9.47 Å². The van der Waals surface area contributed by atoms with Crippen molar-refractivity contribution < 1.29 is 14.6 Å². The second-order valence-electron chi connectivity index (χ2n) is 12.7. The molecule has 0 amide bonds. The van der Waals surface area contributed by atoms with E-state index < -0.39 is 0 Å². The van der Waals surface area contributed by atoms with Crippen LogP contribution in [0.15, 0.2) is 12.2 Å². The largest absolute Gasteiger partial charge is 0.393 e. The highest BCUT2D eigenvalue weighted by molar-refractivity contribution is 5.16. The van der Waals surface area contributed by atoms with Crippen LogP contribution in [-0.4, -0.2) is 29.7 Å². The molecule has 0 aromatic rings. The minimum Gasteiger partial charge on any atom is -0.393 e. The molecule has 0 bridgehead atoms. The second kappa shape index (κ2) is 6.58. The predicted molar refractivity (Wildman–Crippen MR) is 118 cm³/mol. The summed E-state index contributed by atoms with van der Waals surface area (Å²) in [6.45, 7) is 12.5. The van der Waals surface area contributed by atoms with Crippen molar-refractivity contribution in [2.45, 2.75) is 103 Å². The maximum Gasteiger partial charge on any atom is 0.172 e. The Morgan fingerprint density at radius 1 is 0.967 bits per heavy atom. The number of hydrogen-bond donors (Lipinski definition) is 1. The molecule has 11 unspecified atom stereocenters. The van der Waals surface area contributed by atoms with Gasteiger partial charge in [0, 0.05) is 12.3 Å². The molecule has 4 saturated carbocycles. The Hall–Kier alpha value is -0.380. The summed E-state index contributed by atoms with van der Waals surface area (Å²) in [5.41, 5.74) is 2.09. The molecule has 0 radical (unpaired) electrons. The van der Waals surface area contributed by atoms with Crippen LogP contribution in [0.1, 0.15) is 85.0 Å². The van der Waals surface area contributed by atoms with E-state index in [9.17, 15) is 5.11 Å². The molecular formula is C27H42O3. The number of rotatable bonds is 0. The van der Waals surface area contributed by atoms with Gasteiger partial charge in [-0.3, -0.25) is 0 Å². The van der Waals surface area contributed by atoms with E-state index >= 15 is 0 Å². The van der Waals surface area contributed by atoms with E-state index in [1.54, 1.807) is 0 Å². The van der Waals surface area contributed by atoms with Crippen molar-refractivity contribution >= 4 is 0 Å². The summed E-state index contributed by atoms with van der Waals surface area (Å²) in [7, 11) is 0. The number of ether oxygens (including phenoxy) is 2. The zero-order valence-corrected chi connectivity index (χ0v) is 19.4. The van der Waals surface area contributed by atoms with E-state index in [4.69, 9.17) is 9.47 Å². The van der Waals surface area contributed by atoms with Gasteiger partial charge in [0.15, 0.2) is 5.79 Å². The first-order valence-electron chi connectivity index (χ1n) is 12.9. The summed E-state index contributed by atoms with van der Waals surface area (Å²) in [6.07, 6.45) is 12.4. The summed E-state index contributed by atoms with van der Waals surface area (Å²) in [5, 5.41) is 10.3. The summed E-state index contributed by atoms with van der Waals surface area (Å²) in [5.74, 6) is 4.07. The van der Waals surface area contributed by atoms with E-state index in [-0.39, 0.29) is 11.9 Å². The highest BCUT2D eigenvalue weighted by atomic mass is 16.7. The van der Waals surface area contributed by atoms with Gasteiger partial charge >= 0.3 is 0 Å². The quantitative estimate of drug-likeness (QED) is 0.516. The maximum atomic E-state index is 10.3. The van der Waals surface area contributed by atoms with Crippen molar-refractivity contribution in [3.63, 3.8) is 0 Å². The van der Waals surface area contributed by atoms with E-state index in [1.807, 2.05) is 0 Å². The van der Waals surface area contributed by atoms with Gasteiger partial charge in [0.2, 0.25) is 0 Å². The lowest BCUT2D eigenvalue weighted by Crippen LogP contribution is -2.55. The van der Waals surface area contributed by atoms with E-state index in [0.29, 0.717) is 35.4 Å². The Labute approximate surface area is 183 Å². The summed E-state index contributed by atoms with van der Waals surface area (Å²) >= 11 is 0. The molecule has 1 spiro atoms. The van der Waals surface area contributed by atoms with Gasteiger partial charge in [-0.05, 0) is 98.2 Å². The summed E-state index contributed by atoms with van der Waals surface area (Å²) in [6, 6.07) is 0. The van der Waals surface area contributed by atoms with Crippen molar-refractivity contribution in [3.05, 3.63) is 12.2 Å². The van der Waals surface area contributed by atoms with Crippen molar-refractivity contribution in [2.24, 2.45) is 46.3 Å². The standard InChI is InChI=1S/C27H42O3/c1-16-7-12-27(29-15-16)17(2)24-23(30-27)14-22-20-6-5-18-13-19(28)8-10-25(18,3)21(20)9-11-26(22,24)4/h17-24,28H,1,5-15H2,2-4H3. The Balaban J connectivity index is 1.26. The van der Waals surface area contributed by atoms with Crippen molar-refractivity contribution in [1.29, 1.82) is 0 Å². The fourth-order valence-electron chi connectivity index (χ4n) is 10.1. The second-order valence-corrected chi connectivity index (χ2v) is 12.7. The number of hydrogen-bond acceptors (Lipinski definition) is 3. The fourth-order valence-corrected chi connectivity index (χ4v) is 10.1. The first-order chi connectivity index (χ1) is 14.3. The molecule has 2 aliphatic heterocycles. The smallest absolute Gasteiger partial charge is 0.172 e. The van der Waals surface area contributed by atoms with E-state index in [2.05, 4.69) is 27.4 Å². The van der Waals surface area contributed by atoms with Gasteiger partial charge in [0.25, 0.3) is 0 Å². The van der Waals surface area contributed by atoms with Crippen LogP contribution in [0.5, 0.6) is 0 Å². The normalized spacial score (nSPS) is 60.1. The van der Waals surface area contributed by atoms with Gasteiger partial charge in [-0.25, -0.2) is 0 Å². The molecule has 6 rings (SSSR count). The monoisotopic (exact) mass is 414 g/mol. The highest BCUT2D eigenvalue weighted by Gasteiger charge is 2.69. The minimum absolute atomic E-state index is 0.0451. The van der Waals surface area contributed by atoms with Gasteiger partial charge in [0.05, 0.1) is 18.8 Å². The summed E-state index contributed by atoms with van der Waals surface area (Å²) < 4.78 is 13.2. The van der Waals surface area contributed by atoms with Crippen molar-refractivity contribution in [3.8, 4) is 0 Å². The predicted octanol–water partition coefficient (Wildman–Crippen LogP) is 5.71. The molecule has 4 aliphatic carbocycles. The summed E-state index contributed by atoms with van der Waals surface area (Å²) in [4.78, 5) is 0. The zero-order valence-electron chi connectivity index (χ0n) is 19.4. The van der Waals surface area contributed by atoms with Crippen molar-refractivity contribution in [2.75, 3.05) is 6.61 Å². The van der Waals surface area contributed by atoms with Gasteiger partial charge < -0.3 is 14.6 Å². The van der Waals surface area contributed by atoms with E-state index in [0.717, 1.165) is 49.4 Å². The third-order valence-electron chi connectivity index (χ3n) is 11.7. The average Bonchev–Trinajstić information content (AvgIpc) is 3.16. The van der Waals surface area contributed by atoms with Crippen LogP contribution < -0.4 is 0 Å². The molecule has 1 N–H and O–H groups in total. The van der Waals surface area contributed by atoms with Gasteiger partial charge in [0.1, 0.15) is 0 Å². The first kappa shape index (κ1) is 20.2. The molecule has 30 heavy (non-hydrogen) atoms. The van der Waals surface area contributed by atoms with E-state index in [1.165, 1.54) is 44.1 Å². The molecule has 3 nitrogen and oxygen atoms in total. The van der Waals surface area contributed by atoms with Gasteiger partial charge in [-0.15, -0.1) is 0 Å². The minimum atomic E-state index is -0.343. The lowest BCUT2D eigenvalue weighted by molar-refractivity contribution is -0.256. The van der Waals surface area contributed by atoms with Crippen LogP contribution in [0, 0.1) is 46.3 Å². The molecule has 2 saturated heterocycles. The molecule has 6 fully saturated rings. The third kappa shape index (κ3) is 2.55. The topological polar surface area (TPSA) is 38.7 Å². The average molecular weight is 415 g/mol. The maximum absolute atomic E-state index is 10.3.